The van der Waals surface area contributed by atoms with Gasteiger partial charge in [-0.1, -0.05) is 27.7 Å². The molecule has 5 unspecified atom stereocenters. The first-order valence-electron chi connectivity index (χ1n) is 11.3. The van der Waals surface area contributed by atoms with E-state index in [2.05, 4.69) is 48.0 Å². The van der Waals surface area contributed by atoms with E-state index in [-0.39, 0.29) is 17.7 Å². The van der Waals surface area contributed by atoms with Crippen LogP contribution in [0.5, 0.6) is 17.2 Å². The summed E-state index contributed by atoms with van der Waals surface area (Å²) in [6.45, 7) is 9.85. The lowest BCUT2D eigenvalue weighted by atomic mass is 9.82. The van der Waals surface area contributed by atoms with Gasteiger partial charge in [-0.25, -0.2) is 0 Å². The molecule has 5 nitrogen and oxygen atoms in total. The van der Waals surface area contributed by atoms with Crippen molar-refractivity contribution in [1.29, 1.82) is 0 Å². The molecule has 0 bridgehead atoms. The Morgan fingerprint density at radius 1 is 1.13 bits per heavy atom. The molecular weight excluding hydrogens is 410 g/mol. The second-order valence-corrected chi connectivity index (χ2v) is 10.7. The van der Waals surface area contributed by atoms with Gasteiger partial charge in [-0.3, -0.25) is 4.79 Å². The highest BCUT2D eigenvalue weighted by Crippen LogP contribution is 2.44. The Morgan fingerprint density at radius 2 is 1.77 bits per heavy atom. The largest absolute Gasteiger partial charge is 0.507 e. The normalized spacial score (nSPS) is 16.8. The number of phenols is 1. The van der Waals surface area contributed by atoms with Crippen LogP contribution in [0.3, 0.4) is 0 Å². The van der Waals surface area contributed by atoms with Gasteiger partial charge in [-0.15, -0.1) is 0 Å². The van der Waals surface area contributed by atoms with Crippen molar-refractivity contribution in [3.63, 3.8) is 0 Å². The fourth-order valence-corrected chi connectivity index (χ4v) is 4.93. The number of likely N-dealkylation sites (N-methyl/N-ethyl adjacent to an activating group) is 1. The number of quaternary nitrogens is 1. The summed E-state index contributed by atoms with van der Waals surface area (Å²) in [6.07, 6.45) is 5.85. The third-order valence-corrected chi connectivity index (χ3v) is 8.06. The van der Waals surface area contributed by atoms with Gasteiger partial charge in [0.1, 0.15) is 23.3 Å². The molecule has 1 aromatic rings. The second-order valence-electron chi connectivity index (χ2n) is 9.53. The zero-order valence-electron chi connectivity index (χ0n) is 21.0. The molecule has 0 heterocycles. The van der Waals surface area contributed by atoms with Gasteiger partial charge >= 0.3 is 0 Å². The fraction of sp³-hybridized carbons (Fsp3) is 0.720. The molecule has 5 atom stereocenters. The van der Waals surface area contributed by atoms with Crippen LogP contribution in [0.2, 0.25) is 0 Å². The molecule has 0 aliphatic heterocycles. The smallest absolute Gasteiger partial charge is 0.177 e. The third kappa shape index (κ3) is 7.60. The molecule has 0 saturated heterocycles. The fourth-order valence-electron chi connectivity index (χ4n) is 4.35. The van der Waals surface area contributed by atoms with E-state index in [0.717, 1.165) is 31.2 Å². The maximum atomic E-state index is 12.3. The van der Waals surface area contributed by atoms with Crippen LogP contribution in [0.1, 0.15) is 58.4 Å². The Hall–Kier alpha value is -1.40. The van der Waals surface area contributed by atoms with Gasteiger partial charge in [0.2, 0.25) is 0 Å². The maximum Gasteiger partial charge on any atom is 0.177 e. The summed E-state index contributed by atoms with van der Waals surface area (Å²) >= 11 is 1.84. The van der Waals surface area contributed by atoms with Crippen LogP contribution in [-0.2, 0) is 4.79 Å². The minimum Gasteiger partial charge on any atom is -0.507 e. The number of benzene rings is 1. The number of thioether (sulfide) groups is 1. The molecule has 6 heteroatoms. The molecule has 178 valence electrons. The summed E-state index contributed by atoms with van der Waals surface area (Å²) in [5.74, 6) is 2.29. The molecule has 0 fully saturated rings. The number of rotatable bonds is 14. The first-order valence-corrected chi connectivity index (χ1v) is 12.6. The number of ether oxygens (including phenoxy) is 2. The number of aromatic hydroxyl groups is 1. The Bertz CT molecular complexity index is 694. The number of aldehydes is 1. The van der Waals surface area contributed by atoms with Crippen molar-refractivity contribution in [1.82, 2.24) is 0 Å². The van der Waals surface area contributed by atoms with Crippen molar-refractivity contribution in [2.75, 3.05) is 41.1 Å². The average Bonchev–Trinajstić information content (AvgIpc) is 2.74. The molecule has 31 heavy (non-hydrogen) atoms. The Labute approximate surface area is 194 Å². The Morgan fingerprint density at radius 3 is 2.26 bits per heavy atom. The summed E-state index contributed by atoms with van der Waals surface area (Å²) in [5, 5.41) is 11.4. The number of carbonyl (C=O) groups is 1. The minimum absolute atomic E-state index is 0.00464. The molecule has 0 aliphatic rings. The zero-order valence-corrected chi connectivity index (χ0v) is 21.8. The van der Waals surface area contributed by atoms with Crippen molar-refractivity contribution in [3.05, 3.63) is 17.7 Å². The predicted molar refractivity (Wildman–Crippen MR) is 132 cm³/mol. The van der Waals surface area contributed by atoms with E-state index in [1.54, 1.807) is 20.3 Å². The van der Waals surface area contributed by atoms with E-state index in [0.29, 0.717) is 39.5 Å². The third-order valence-electron chi connectivity index (χ3n) is 6.85. The van der Waals surface area contributed by atoms with Gasteiger partial charge < -0.3 is 19.1 Å². The van der Waals surface area contributed by atoms with Crippen LogP contribution in [0.15, 0.2) is 12.1 Å². The summed E-state index contributed by atoms with van der Waals surface area (Å²) in [4.78, 5) is 12.3. The van der Waals surface area contributed by atoms with Crippen molar-refractivity contribution < 1.29 is 23.9 Å². The number of hydrogen-bond acceptors (Lipinski definition) is 5. The Kier molecular flexibility index (Phi) is 11.2. The number of phenolic OH excluding ortho intramolecular Hbond substituents is 1. The molecule has 0 saturated carbocycles. The number of nitrogens with zero attached hydrogens (tertiary/aromatic N) is 1. The van der Waals surface area contributed by atoms with Gasteiger partial charge in [-0.05, 0) is 30.9 Å². The lowest BCUT2D eigenvalue weighted by Crippen LogP contribution is -2.52. The van der Waals surface area contributed by atoms with Crippen LogP contribution in [0.25, 0.3) is 0 Å². The van der Waals surface area contributed by atoms with Crippen molar-refractivity contribution in [3.8, 4) is 17.2 Å². The molecule has 0 spiro atoms. The quantitative estimate of drug-likeness (QED) is 0.303. The summed E-state index contributed by atoms with van der Waals surface area (Å²) in [5.41, 5.74) is 0.777. The lowest BCUT2D eigenvalue weighted by molar-refractivity contribution is -0.908. The van der Waals surface area contributed by atoms with Crippen LogP contribution in [-0.4, -0.2) is 68.3 Å². The highest BCUT2D eigenvalue weighted by Gasteiger charge is 2.35. The summed E-state index contributed by atoms with van der Waals surface area (Å²) in [6, 6.07) is 3.30. The molecule has 1 N–H and O–H groups in total. The minimum atomic E-state index is -0.165. The van der Waals surface area contributed by atoms with Gasteiger partial charge in [0, 0.05) is 35.3 Å². The monoisotopic (exact) mass is 454 g/mol. The molecular formula is C25H44NO4S+. The molecule has 0 aliphatic carbocycles. The van der Waals surface area contributed by atoms with Gasteiger partial charge in [-0.2, -0.15) is 11.8 Å². The zero-order chi connectivity index (χ0) is 23.8. The van der Waals surface area contributed by atoms with E-state index >= 15 is 0 Å². The van der Waals surface area contributed by atoms with Crippen LogP contribution in [0.4, 0.5) is 0 Å². The van der Waals surface area contributed by atoms with E-state index in [1.165, 1.54) is 0 Å². The van der Waals surface area contributed by atoms with Gasteiger partial charge in [0.05, 0.1) is 34.9 Å². The molecule has 1 rings (SSSR count). The summed E-state index contributed by atoms with van der Waals surface area (Å²) in [7, 11) is 7.47. The van der Waals surface area contributed by atoms with E-state index in [1.807, 2.05) is 17.8 Å². The SMILES string of the molecule is CCC(C)C[N+](C)(C)C(C=O)CC(CC(C)C(C)SC)c1c(O)cc(OC)cc1OC. The lowest BCUT2D eigenvalue weighted by Gasteiger charge is -2.39. The first kappa shape index (κ1) is 27.6. The van der Waals surface area contributed by atoms with Crippen molar-refractivity contribution in [2.45, 2.75) is 64.2 Å². The van der Waals surface area contributed by atoms with Gasteiger partial charge in [0.25, 0.3) is 0 Å². The van der Waals surface area contributed by atoms with Crippen LogP contribution >= 0.6 is 11.8 Å². The van der Waals surface area contributed by atoms with E-state index < -0.39 is 0 Å². The first-order chi connectivity index (χ1) is 14.5. The highest BCUT2D eigenvalue weighted by atomic mass is 32.2. The summed E-state index contributed by atoms with van der Waals surface area (Å²) < 4.78 is 11.6. The Balaban J connectivity index is 3.40. The number of hydrogen-bond donors (Lipinski definition) is 1. The van der Waals surface area contributed by atoms with Gasteiger partial charge in [0.15, 0.2) is 6.29 Å². The maximum absolute atomic E-state index is 12.3. The standard InChI is InChI=1S/C25H43NO4S/c1-10-17(2)15-26(5,6)21(16-27)12-20(11-18(3)19(4)31-9)25-23(28)13-22(29-7)14-24(25)30-8/h13-14,16-21H,10-12,15H2,1-9H3/p+1. The molecule has 0 aromatic heterocycles. The van der Waals surface area contributed by atoms with E-state index in [4.69, 9.17) is 9.47 Å². The molecule has 0 radical (unpaired) electrons. The molecule has 0 amide bonds. The number of carbonyl (C=O) groups excluding carboxylic acids is 1. The topological polar surface area (TPSA) is 55.8 Å². The number of methoxy groups -OCH3 is 2. The molecule has 1 aromatic carbocycles. The second kappa shape index (κ2) is 12.6. The predicted octanol–water partition coefficient (Wildman–Crippen LogP) is 5.35. The van der Waals surface area contributed by atoms with Crippen LogP contribution < -0.4 is 9.47 Å². The van der Waals surface area contributed by atoms with E-state index in [9.17, 15) is 9.90 Å². The van der Waals surface area contributed by atoms with Crippen LogP contribution in [0, 0.1) is 11.8 Å². The average molecular weight is 455 g/mol. The van der Waals surface area contributed by atoms with Crippen molar-refractivity contribution in [2.24, 2.45) is 11.8 Å². The highest BCUT2D eigenvalue weighted by molar-refractivity contribution is 7.99. The van der Waals surface area contributed by atoms with Crippen molar-refractivity contribution >= 4 is 18.0 Å².